The van der Waals surface area contributed by atoms with Gasteiger partial charge in [0, 0.05) is 26.7 Å². The van der Waals surface area contributed by atoms with Gasteiger partial charge in [0.25, 0.3) is 5.97 Å². The first-order chi connectivity index (χ1) is 5.56. The summed E-state index contributed by atoms with van der Waals surface area (Å²) in [5.74, 6) is -0.833. The van der Waals surface area contributed by atoms with Crippen LogP contribution >= 0.6 is 0 Å². The molecule has 0 aliphatic heterocycles. The Morgan fingerprint density at radius 2 is 1.42 bits per heavy atom. The molecule has 0 aromatic rings. The van der Waals surface area contributed by atoms with Gasteiger partial charge in [-0.1, -0.05) is 0 Å². The summed E-state index contributed by atoms with van der Waals surface area (Å²) in [7, 11) is 0. The molecular weight excluding hydrogens is 160 g/mol. The second kappa shape index (κ2) is 22.4. The second-order valence-electron chi connectivity index (χ2n) is 1.62. The highest BCUT2D eigenvalue weighted by Gasteiger charge is 1.65. The number of aliphatic hydroxyl groups excluding tert-OH is 1. The molecule has 0 saturated heterocycles. The summed E-state index contributed by atoms with van der Waals surface area (Å²) in [5.41, 5.74) is 0. The number of aliphatic hydroxyl groups is 1. The molecule has 0 amide bonds. The van der Waals surface area contributed by atoms with E-state index in [2.05, 4.69) is 0 Å². The van der Waals surface area contributed by atoms with Crippen LogP contribution in [-0.4, -0.2) is 36.0 Å². The number of carbonyl (C=O) groups is 1. The van der Waals surface area contributed by atoms with Crippen molar-refractivity contribution >= 4 is 5.97 Å². The number of aliphatic carboxylic acids is 1. The van der Waals surface area contributed by atoms with Crippen molar-refractivity contribution in [3.63, 3.8) is 0 Å². The molecule has 0 unspecified atom stereocenters. The van der Waals surface area contributed by atoms with Gasteiger partial charge in [-0.05, 0) is 20.8 Å². The number of hydrogen-bond donors (Lipinski definition) is 2. The summed E-state index contributed by atoms with van der Waals surface area (Å²) in [6, 6.07) is 0. The van der Waals surface area contributed by atoms with Crippen molar-refractivity contribution in [2.75, 3.05) is 19.8 Å². The summed E-state index contributed by atoms with van der Waals surface area (Å²) in [5, 5.41) is 15.0. The quantitative estimate of drug-likeness (QED) is 0.668. The van der Waals surface area contributed by atoms with E-state index in [1.54, 1.807) is 6.92 Å². The van der Waals surface area contributed by atoms with Crippen molar-refractivity contribution < 1.29 is 19.7 Å². The third-order valence-electron chi connectivity index (χ3n) is 0.408. The van der Waals surface area contributed by atoms with Gasteiger partial charge in [0.15, 0.2) is 0 Å². The van der Waals surface area contributed by atoms with Crippen LogP contribution in [0.15, 0.2) is 0 Å². The molecule has 4 nitrogen and oxygen atoms in total. The molecule has 0 aliphatic carbocycles. The zero-order valence-corrected chi connectivity index (χ0v) is 8.33. The smallest absolute Gasteiger partial charge is 0.300 e. The molecule has 76 valence electrons. The average Bonchev–Trinajstić information content (AvgIpc) is 1.89. The van der Waals surface area contributed by atoms with E-state index in [1.165, 1.54) is 0 Å². The molecule has 0 atom stereocenters. The molecule has 0 saturated carbocycles. The van der Waals surface area contributed by atoms with Gasteiger partial charge in [-0.25, -0.2) is 0 Å². The number of carboxylic acids is 1. The lowest BCUT2D eigenvalue weighted by atomic mass is 10.8. The molecule has 0 bridgehead atoms. The third kappa shape index (κ3) is 342. The van der Waals surface area contributed by atoms with Gasteiger partial charge in [-0.2, -0.15) is 0 Å². The number of ether oxygens (including phenoxy) is 1. The summed E-state index contributed by atoms with van der Waals surface area (Å²) in [6.45, 7) is 8.68. The van der Waals surface area contributed by atoms with Gasteiger partial charge in [-0.3, -0.25) is 4.79 Å². The maximum Gasteiger partial charge on any atom is 0.300 e. The zero-order chi connectivity index (χ0) is 10.4. The fraction of sp³-hybridized carbons (Fsp3) is 0.875. The summed E-state index contributed by atoms with van der Waals surface area (Å²) in [6.07, 6.45) is 0. The van der Waals surface area contributed by atoms with Crippen molar-refractivity contribution in [1.29, 1.82) is 0 Å². The lowest BCUT2D eigenvalue weighted by Crippen LogP contribution is -1.84. The van der Waals surface area contributed by atoms with Crippen molar-refractivity contribution in [2.24, 2.45) is 0 Å². The average molecular weight is 180 g/mol. The predicted octanol–water partition coefficient (Wildman–Crippen LogP) is 1.13. The zero-order valence-electron chi connectivity index (χ0n) is 8.33. The molecule has 0 aliphatic rings. The van der Waals surface area contributed by atoms with Gasteiger partial charge in [0.05, 0.1) is 0 Å². The van der Waals surface area contributed by atoms with E-state index in [9.17, 15) is 0 Å². The molecule has 12 heavy (non-hydrogen) atoms. The Morgan fingerprint density at radius 3 is 1.42 bits per heavy atom. The maximum absolute atomic E-state index is 9.00. The Balaban J connectivity index is -0.000000105. The fourth-order valence-corrected chi connectivity index (χ4v) is 0.204. The minimum Gasteiger partial charge on any atom is -0.481 e. The molecule has 0 rings (SSSR count). The van der Waals surface area contributed by atoms with E-state index in [-0.39, 0.29) is 6.61 Å². The normalized spacial score (nSPS) is 7.08. The topological polar surface area (TPSA) is 66.8 Å². The first-order valence-corrected chi connectivity index (χ1v) is 3.94. The SMILES string of the molecule is CC(=O)O.CCO.CCOCC. The van der Waals surface area contributed by atoms with E-state index in [4.69, 9.17) is 19.7 Å². The van der Waals surface area contributed by atoms with E-state index >= 15 is 0 Å². The number of rotatable bonds is 2. The molecule has 2 N–H and O–H groups in total. The third-order valence-corrected chi connectivity index (χ3v) is 0.408. The van der Waals surface area contributed by atoms with Crippen LogP contribution in [-0.2, 0) is 9.53 Å². The van der Waals surface area contributed by atoms with Crippen LogP contribution < -0.4 is 0 Å². The fourth-order valence-electron chi connectivity index (χ4n) is 0.204. The summed E-state index contributed by atoms with van der Waals surface area (Å²) < 4.78 is 4.83. The Morgan fingerprint density at radius 1 is 1.25 bits per heavy atom. The Labute approximate surface area is 74.2 Å². The molecular formula is C8H20O4. The van der Waals surface area contributed by atoms with E-state index in [0.29, 0.717) is 0 Å². The van der Waals surface area contributed by atoms with Gasteiger partial charge in [0.1, 0.15) is 0 Å². The van der Waals surface area contributed by atoms with Crippen LogP contribution in [0.4, 0.5) is 0 Å². The van der Waals surface area contributed by atoms with Crippen LogP contribution in [0, 0.1) is 0 Å². The maximum atomic E-state index is 9.00. The predicted molar refractivity (Wildman–Crippen MR) is 48.2 cm³/mol. The van der Waals surface area contributed by atoms with Crippen LogP contribution in [0.5, 0.6) is 0 Å². The summed E-state index contributed by atoms with van der Waals surface area (Å²) in [4.78, 5) is 9.00. The highest BCUT2D eigenvalue weighted by molar-refractivity contribution is 5.62. The lowest BCUT2D eigenvalue weighted by Gasteiger charge is -1.86. The minimum atomic E-state index is -0.833. The Hall–Kier alpha value is -0.610. The van der Waals surface area contributed by atoms with Gasteiger partial charge in [-0.15, -0.1) is 0 Å². The molecule has 0 aromatic heterocycles. The molecule has 0 aromatic carbocycles. The van der Waals surface area contributed by atoms with Crippen molar-refractivity contribution in [3.8, 4) is 0 Å². The number of hydrogen-bond acceptors (Lipinski definition) is 3. The van der Waals surface area contributed by atoms with Gasteiger partial charge in [0.2, 0.25) is 0 Å². The van der Waals surface area contributed by atoms with Crippen molar-refractivity contribution in [2.45, 2.75) is 27.7 Å². The summed E-state index contributed by atoms with van der Waals surface area (Å²) >= 11 is 0. The molecule has 4 heteroatoms. The molecule has 0 fully saturated rings. The van der Waals surface area contributed by atoms with Crippen molar-refractivity contribution in [1.82, 2.24) is 0 Å². The molecule has 0 heterocycles. The first kappa shape index (κ1) is 17.5. The van der Waals surface area contributed by atoms with Crippen LogP contribution in [0.2, 0.25) is 0 Å². The van der Waals surface area contributed by atoms with E-state index in [1.807, 2.05) is 13.8 Å². The van der Waals surface area contributed by atoms with Gasteiger partial charge >= 0.3 is 0 Å². The van der Waals surface area contributed by atoms with Crippen molar-refractivity contribution in [3.05, 3.63) is 0 Å². The highest BCUT2D eigenvalue weighted by Crippen LogP contribution is 1.64. The molecule has 0 spiro atoms. The van der Waals surface area contributed by atoms with Crippen LogP contribution in [0.3, 0.4) is 0 Å². The minimum absolute atomic E-state index is 0.250. The lowest BCUT2D eigenvalue weighted by molar-refractivity contribution is -0.134. The van der Waals surface area contributed by atoms with Crippen LogP contribution in [0.25, 0.3) is 0 Å². The largest absolute Gasteiger partial charge is 0.481 e. The van der Waals surface area contributed by atoms with E-state index in [0.717, 1.165) is 20.1 Å². The number of carboxylic acid groups (broad SMARTS) is 1. The standard InChI is InChI=1S/C4H10O.C2H4O2.C2H6O/c1-3-5-4-2;1-2(3)4;1-2-3/h3-4H2,1-2H3;1H3,(H,3,4);3H,2H2,1H3. The second-order valence-corrected chi connectivity index (χ2v) is 1.62. The van der Waals surface area contributed by atoms with Crippen LogP contribution in [0.1, 0.15) is 27.7 Å². The highest BCUT2D eigenvalue weighted by atomic mass is 16.5. The van der Waals surface area contributed by atoms with Gasteiger partial charge < -0.3 is 14.9 Å². The molecule has 0 radical (unpaired) electrons. The Kier molecular flexibility index (Phi) is 32.7. The van der Waals surface area contributed by atoms with E-state index < -0.39 is 5.97 Å². The Bertz CT molecular complexity index is 67.5. The first-order valence-electron chi connectivity index (χ1n) is 3.94. The monoisotopic (exact) mass is 180 g/mol.